The smallest absolute Gasteiger partial charge is 0.242 e. The van der Waals surface area contributed by atoms with Crippen molar-refractivity contribution in [2.45, 2.75) is 63.6 Å². The molecule has 0 aromatic rings. The SMILES string of the molecule is CC1CCCC(N)(C(=O)N(C)C2CCOC2C)C1. The Balaban J connectivity index is 2.05. The Morgan fingerprint density at radius 2 is 2.11 bits per heavy atom. The molecule has 2 N–H and O–H groups in total. The summed E-state index contributed by atoms with van der Waals surface area (Å²) < 4.78 is 5.54. The Morgan fingerprint density at radius 3 is 2.67 bits per heavy atom. The minimum absolute atomic E-state index is 0.108. The van der Waals surface area contributed by atoms with E-state index in [1.54, 1.807) is 0 Å². The third-order valence-electron chi connectivity index (χ3n) is 4.61. The molecule has 2 fully saturated rings. The predicted octanol–water partition coefficient (Wildman–Crippen LogP) is 1.53. The van der Waals surface area contributed by atoms with Crippen LogP contribution in [-0.4, -0.2) is 42.1 Å². The number of hydrogen-bond donors (Lipinski definition) is 1. The molecule has 0 aromatic heterocycles. The van der Waals surface area contributed by atoms with Gasteiger partial charge in [0.05, 0.1) is 17.7 Å². The molecule has 0 aromatic carbocycles. The first-order chi connectivity index (χ1) is 8.44. The van der Waals surface area contributed by atoms with Crippen molar-refractivity contribution in [1.29, 1.82) is 0 Å². The highest BCUT2D eigenvalue weighted by Gasteiger charge is 2.42. The van der Waals surface area contributed by atoms with Gasteiger partial charge in [0.1, 0.15) is 0 Å². The van der Waals surface area contributed by atoms with Crippen LogP contribution in [0.5, 0.6) is 0 Å². The summed E-state index contributed by atoms with van der Waals surface area (Å²) in [5, 5.41) is 0. The van der Waals surface area contributed by atoms with Crippen LogP contribution in [0.1, 0.15) is 46.0 Å². The Kier molecular flexibility index (Phi) is 3.97. The number of carbonyl (C=O) groups is 1. The summed E-state index contributed by atoms with van der Waals surface area (Å²) in [5.74, 6) is 0.662. The van der Waals surface area contributed by atoms with E-state index in [9.17, 15) is 4.79 Å². The van der Waals surface area contributed by atoms with Crippen molar-refractivity contribution < 1.29 is 9.53 Å². The van der Waals surface area contributed by atoms with Gasteiger partial charge in [0.15, 0.2) is 0 Å². The lowest BCUT2D eigenvalue weighted by atomic mass is 9.76. The maximum atomic E-state index is 12.6. The van der Waals surface area contributed by atoms with E-state index in [2.05, 4.69) is 6.92 Å². The molecule has 1 saturated heterocycles. The first kappa shape index (κ1) is 13.8. The van der Waals surface area contributed by atoms with Crippen LogP contribution in [0.2, 0.25) is 0 Å². The molecule has 2 rings (SSSR count). The van der Waals surface area contributed by atoms with E-state index in [1.807, 2.05) is 18.9 Å². The van der Waals surface area contributed by atoms with Gasteiger partial charge in [-0.3, -0.25) is 4.79 Å². The third kappa shape index (κ3) is 2.54. The molecule has 0 radical (unpaired) electrons. The first-order valence-electron chi connectivity index (χ1n) is 7.12. The molecule has 1 heterocycles. The van der Waals surface area contributed by atoms with E-state index >= 15 is 0 Å². The average molecular weight is 254 g/mol. The Hall–Kier alpha value is -0.610. The van der Waals surface area contributed by atoms with Gasteiger partial charge in [-0.2, -0.15) is 0 Å². The summed E-state index contributed by atoms with van der Waals surface area (Å²) in [4.78, 5) is 14.5. The number of amides is 1. The van der Waals surface area contributed by atoms with E-state index in [1.165, 1.54) is 6.42 Å². The number of rotatable bonds is 2. The molecule has 1 aliphatic heterocycles. The second-order valence-electron chi connectivity index (χ2n) is 6.21. The zero-order chi connectivity index (χ0) is 13.3. The maximum Gasteiger partial charge on any atom is 0.242 e. The number of nitrogens with zero attached hydrogens (tertiary/aromatic N) is 1. The molecule has 1 amide bonds. The number of likely N-dealkylation sites (N-methyl/N-ethyl adjacent to an activating group) is 1. The van der Waals surface area contributed by atoms with Gasteiger partial charge in [0, 0.05) is 13.7 Å². The number of nitrogens with two attached hydrogens (primary N) is 1. The Bertz CT molecular complexity index is 321. The Labute approximate surface area is 110 Å². The second-order valence-corrected chi connectivity index (χ2v) is 6.21. The lowest BCUT2D eigenvalue weighted by Crippen LogP contribution is -2.59. The highest BCUT2D eigenvalue weighted by Crippen LogP contribution is 2.33. The van der Waals surface area contributed by atoms with Crippen LogP contribution in [-0.2, 0) is 9.53 Å². The topological polar surface area (TPSA) is 55.6 Å². The molecular weight excluding hydrogens is 228 g/mol. The second kappa shape index (κ2) is 5.17. The zero-order valence-corrected chi connectivity index (χ0v) is 11.8. The van der Waals surface area contributed by atoms with E-state index in [0.29, 0.717) is 5.92 Å². The fourth-order valence-corrected chi connectivity index (χ4v) is 3.52. The number of ether oxygens (including phenoxy) is 1. The van der Waals surface area contributed by atoms with Crippen LogP contribution < -0.4 is 5.73 Å². The summed E-state index contributed by atoms with van der Waals surface area (Å²) in [6.07, 6.45) is 4.95. The fraction of sp³-hybridized carbons (Fsp3) is 0.929. The number of hydrogen-bond acceptors (Lipinski definition) is 3. The van der Waals surface area contributed by atoms with Crippen LogP contribution in [0.4, 0.5) is 0 Å². The summed E-state index contributed by atoms with van der Waals surface area (Å²) in [6.45, 7) is 4.97. The minimum Gasteiger partial charge on any atom is -0.376 e. The van der Waals surface area contributed by atoms with Crippen LogP contribution in [0.25, 0.3) is 0 Å². The van der Waals surface area contributed by atoms with E-state index in [0.717, 1.165) is 32.3 Å². The van der Waals surface area contributed by atoms with Gasteiger partial charge in [-0.05, 0) is 32.1 Å². The third-order valence-corrected chi connectivity index (χ3v) is 4.61. The van der Waals surface area contributed by atoms with Crippen molar-refractivity contribution in [3.8, 4) is 0 Å². The highest BCUT2D eigenvalue weighted by atomic mass is 16.5. The lowest BCUT2D eigenvalue weighted by Gasteiger charge is -2.40. The zero-order valence-electron chi connectivity index (χ0n) is 11.8. The molecule has 0 spiro atoms. The van der Waals surface area contributed by atoms with Gasteiger partial charge in [0.25, 0.3) is 0 Å². The molecule has 104 valence electrons. The van der Waals surface area contributed by atoms with E-state index in [-0.39, 0.29) is 18.1 Å². The molecule has 1 aliphatic carbocycles. The normalized spacial score (nSPS) is 40.8. The average Bonchev–Trinajstić information content (AvgIpc) is 2.73. The van der Waals surface area contributed by atoms with E-state index in [4.69, 9.17) is 10.5 Å². The van der Waals surface area contributed by atoms with Gasteiger partial charge in [-0.15, -0.1) is 0 Å². The first-order valence-corrected chi connectivity index (χ1v) is 7.12. The molecule has 1 saturated carbocycles. The fourth-order valence-electron chi connectivity index (χ4n) is 3.52. The van der Waals surface area contributed by atoms with Crippen molar-refractivity contribution >= 4 is 5.91 Å². The lowest BCUT2D eigenvalue weighted by molar-refractivity contribution is -0.140. The molecule has 2 aliphatic rings. The van der Waals surface area contributed by atoms with Crippen molar-refractivity contribution in [2.24, 2.45) is 11.7 Å². The largest absolute Gasteiger partial charge is 0.376 e. The Morgan fingerprint density at radius 1 is 1.39 bits per heavy atom. The molecular formula is C14H26N2O2. The maximum absolute atomic E-state index is 12.6. The van der Waals surface area contributed by atoms with Crippen molar-refractivity contribution in [3.63, 3.8) is 0 Å². The molecule has 4 atom stereocenters. The van der Waals surface area contributed by atoms with E-state index < -0.39 is 5.54 Å². The van der Waals surface area contributed by atoms with Gasteiger partial charge in [-0.25, -0.2) is 0 Å². The van der Waals surface area contributed by atoms with Gasteiger partial charge in [-0.1, -0.05) is 19.8 Å². The molecule has 4 heteroatoms. The number of carbonyl (C=O) groups excluding carboxylic acids is 1. The van der Waals surface area contributed by atoms with Crippen molar-refractivity contribution in [1.82, 2.24) is 4.90 Å². The summed E-state index contributed by atoms with van der Waals surface area (Å²) in [5.41, 5.74) is 5.73. The van der Waals surface area contributed by atoms with Crippen LogP contribution in [0.15, 0.2) is 0 Å². The molecule has 18 heavy (non-hydrogen) atoms. The van der Waals surface area contributed by atoms with Gasteiger partial charge < -0.3 is 15.4 Å². The van der Waals surface area contributed by atoms with Crippen molar-refractivity contribution in [2.75, 3.05) is 13.7 Å². The quantitative estimate of drug-likeness (QED) is 0.813. The predicted molar refractivity (Wildman–Crippen MR) is 71.1 cm³/mol. The van der Waals surface area contributed by atoms with Crippen LogP contribution in [0.3, 0.4) is 0 Å². The van der Waals surface area contributed by atoms with Crippen LogP contribution >= 0.6 is 0 Å². The van der Waals surface area contributed by atoms with Gasteiger partial charge in [0.2, 0.25) is 5.91 Å². The standard InChI is InChI=1S/C14H26N2O2/c1-10-5-4-7-14(15,9-10)13(17)16(3)12-6-8-18-11(12)2/h10-12H,4-9,15H2,1-3H3. The van der Waals surface area contributed by atoms with Crippen molar-refractivity contribution in [3.05, 3.63) is 0 Å². The van der Waals surface area contributed by atoms with Gasteiger partial charge >= 0.3 is 0 Å². The minimum atomic E-state index is -0.644. The molecule has 4 nitrogen and oxygen atoms in total. The highest BCUT2D eigenvalue weighted by molar-refractivity contribution is 5.86. The summed E-state index contributed by atoms with van der Waals surface area (Å²) in [6, 6.07) is 0.190. The summed E-state index contributed by atoms with van der Waals surface area (Å²) >= 11 is 0. The molecule has 0 bridgehead atoms. The molecule has 4 unspecified atom stereocenters. The monoisotopic (exact) mass is 254 g/mol. The summed E-state index contributed by atoms with van der Waals surface area (Å²) in [7, 11) is 1.88. The van der Waals surface area contributed by atoms with Crippen LogP contribution in [0, 0.1) is 5.92 Å².